The molecule has 17 heavy (non-hydrogen) atoms. The first-order valence-electron chi connectivity index (χ1n) is 6.23. The zero-order valence-electron chi connectivity index (χ0n) is 10.2. The van der Waals surface area contributed by atoms with Gasteiger partial charge in [0.05, 0.1) is 6.42 Å². The molecule has 1 atom stereocenters. The van der Waals surface area contributed by atoms with Crippen molar-refractivity contribution in [2.75, 3.05) is 6.54 Å². The zero-order valence-corrected chi connectivity index (χ0v) is 10.2. The van der Waals surface area contributed by atoms with Crippen LogP contribution >= 0.6 is 0 Å². The van der Waals surface area contributed by atoms with Gasteiger partial charge >= 0.3 is 5.97 Å². The first-order valence-corrected chi connectivity index (χ1v) is 6.23. The summed E-state index contributed by atoms with van der Waals surface area (Å²) < 4.78 is 0. The second kappa shape index (κ2) is 5.32. The summed E-state index contributed by atoms with van der Waals surface area (Å²) in [6.45, 7) is 3.72. The van der Waals surface area contributed by atoms with E-state index in [0.717, 1.165) is 19.4 Å². The summed E-state index contributed by atoms with van der Waals surface area (Å²) in [5.41, 5.74) is 2.77. The minimum Gasteiger partial charge on any atom is -0.481 e. The van der Waals surface area contributed by atoms with E-state index in [1.165, 1.54) is 11.1 Å². The fourth-order valence-corrected chi connectivity index (χ4v) is 2.55. The first-order chi connectivity index (χ1) is 8.20. The average Bonchev–Trinajstić information content (AvgIpc) is 2.35. The molecule has 1 heterocycles. The molecule has 0 fully saturated rings. The lowest BCUT2D eigenvalue weighted by Crippen LogP contribution is -2.41. The molecule has 1 aromatic rings. The minimum atomic E-state index is -0.710. The number of nitrogens with zero attached hydrogens (tertiary/aromatic N) is 1. The van der Waals surface area contributed by atoms with Gasteiger partial charge in [0.2, 0.25) is 0 Å². The summed E-state index contributed by atoms with van der Waals surface area (Å²) in [6, 6.07) is 8.96. The van der Waals surface area contributed by atoms with E-state index in [9.17, 15) is 4.79 Å². The van der Waals surface area contributed by atoms with Gasteiger partial charge in [-0.1, -0.05) is 31.2 Å². The maximum absolute atomic E-state index is 10.7. The number of benzene rings is 1. The molecule has 0 saturated carbocycles. The van der Waals surface area contributed by atoms with Crippen molar-refractivity contribution in [1.82, 2.24) is 4.90 Å². The quantitative estimate of drug-likeness (QED) is 0.867. The zero-order chi connectivity index (χ0) is 12.3. The summed E-state index contributed by atoms with van der Waals surface area (Å²) >= 11 is 0. The topological polar surface area (TPSA) is 40.5 Å². The Balaban J connectivity index is 2.10. The number of rotatable bonds is 4. The number of hydrogen-bond acceptors (Lipinski definition) is 2. The van der Waals surface area contributed by atoms with Crippen molar-refractivity contribution in [3.05, 3.63) is 35.4 Å². The van der Waals surface area contributed by atoms with E-state index in [-0.39, 0.29) is 6.42 Å². The maximum Gasteiger partial charge on any atom is 0.304 e. The van der Waals surface area contributed by atoms with Crippen molar-refractivity contribution >= 4 is 5.97 Å². The Hall–Kier alpha value is -1.35. The van der Waals surface area contributed by atoms with E-state index in [1.807, 2.05) is 0 Å². The molecular formula is C14H19NO2. The largest absolute Gasteiger partial charge is 0.481 e. The van der Waals surface area contributed by atoms with Gasteiger partial charge in [-0.2, -0.15) is 0 Å². The molecule has 1 aromatic carbocycles. The first kappa shape index (κ1) is 12.1. The molecule has 0 radical (unpaired) electrons. The molecule has 0 saturated heterocycles. The lowest BCUT2D eigenvalue weighted by Gasteiger charge is -2.36. The fraction of sp³-hybridized carbons (Fsp3) is 0.500. The minimum absolute atomic E-state index is 0.235. The Kier molecular flexibility index (Phi) is 3.79. The third-order valence-electron chi connectivity index (χ3n) is 3.55. The van der Waals surface area contributed by atoms with E-state index in [1.54, 1.807) is 0 Å². The van der Waals surface area contributed by atoms with Crippen LogP contribution in [-0.2, 0) is 17.8 Å². The third kappa shape index (κ3) is 2.86. The summed E-state index contributed by atoms with van der Waals surface area (Å²) in [4.78, 5) is 13.0. The number of carbonyl (C=O) groups is 1. The van der Waals surface area contributed by atoms with Crippen LogP contribution in [0.1, 0.15) is 30.9 Å². The molecule has 0 amide bonds. The maximum atomic E-state index is 10.7. The molecule has 3 nitrogen and oxygen atoms in total. The SMILES string of the molecule is CCC1Cc2ccccc2CN1CCC(=O)O. The highest BCUT2D eigenvalue weighted by Crippen LogP contribution is 2.24. The fourth-order valence-electron chi connectivity index (χ4n) is 2.55. The molecule has 3 heteroatoms. The second-order valence-corrected chi connectivity index (χ2v) is 4.65. The Morgan fingerprint density at radius 2 is 2.12 bits per heavy atom. The molecule has 0 aromatic heterocycles. The van der Waals surface area contributed by atoms with Gasteiger partial charge in [-0.05, 0) is 24.0 Å². The van der Waals surface area contributed by atoms with Gasteiger partial charge in [0.1, 0.15) is 0 Å². The summed E-state index contributed by atoms with van der Waals surface area (Å²) in [5.74, 6) is -0.710. The highest BCUT2D eigenvalue weighted by atomic mass is 16.4. The van der Waals surface area contributed by atoms with Crippen LogP contribution < -0.4 is 0 Å². The lowest BCUT2D eigenvalue weighted by molar-refractivity contribution is -0.137. The normalized spacial score (nSPS) is 19.9. The van der Waals surface area contributed by atoms with Gasteiger partial charge in [-0.3, -0.25) is 9.69 Å². The van der Waals surface area contributed by atoms with E-state index < -0.39 is 5.97 Å². The van der Waals surface area contributed by atoms with Gasteiger partial charge in [-0.25, -0.2) is 0 Å². The Morgan fingerprint density at radius 3 is 2.76 bits per heavy atom. The molecule has 1 aliphatic heterocycles. The number of hydrogen-bond donors (Lipinski definition) is 1. The van der Waals surface area contributed by atoms with Crippen LogP contribution in [0.3, 0.4) is 0 Å². The van der Waals surface area contributed by atoms with Crippen molar-refractivity contribution in [2.24, 2.45) is 0 Å². The predicted molar refractivity (Wildman–Crippen MR) is 66.9 cm³/mol. The molecule has 0 bridgehead atoms. The van der Waals surface area contributed by atoms with Crippen molar-refractivity contribution in [3.8, 4) is 0 Å². The van der Waals surface area contributed by atoms with Crippen LogP contribution in [0.25, 0.3) is 0 Å². The third-order valence-corrected chi connectivity index (χ3v) is 3.55. The number of carboxylic acid groups (broad SMARTS) is 1. The van der Waals surface area contributed by atoms with Crippen molar-refractivity contribution in [2.45, 2.75) is 38.8 Å². The summed E-state index contributed by atoms with van der Waals surface area (Å²) in [5, 5.41) is 8.77. The predicted octanol–water partition coefficient (Wildman–Crippen LogP) is 2.30. The van der Waals surface area contributed by atoms with Crippen molar-refractivity contribution in [1.29, 1.82) is 0 Å². The summed E-state index contributed by atoms with van der Waals surface area (Å²) in [7, 11) is 0. The van der Waals surface area contributed by atoms with Crippen LogP contribution in [0, 0.1) is 0 Å². The molecular weight excluding hydrogens is 214 g/mol. The van der Waals surface area contributed by atoms with Crippen LogP contribution in [-0.4, -0.2) is 28.6 Å². The van der Waals surface area contributed by atoms with Crippen LogP contribution in [0.4, 0.5) is 0 Å². The highest BCUT2D eigenvalue weighted by molar-refractivity contribution is 5.66. The van der Waals surface area contributed by atoms with E-state index in [2.05, 4.69) is 36.1 Å². The van der Waals surface area contributed by atoms with E-state index in [0.29, 0.717) is 12.6 Å². The van der Waals surface area contributed by atoms with Gasteiger partial charge in [0, 0.05) is 19.1 Å². The Labute approximate surface area is 102 Å². The number of fused-ring (bicyclic) bond motifs is 1. The molecule has 1 N–H and O–H groups in total. The smallest absolute Gasteiger partial charge is 0.304 e. The van der Waals surface area contributed by atoms with Crippen molar-refractivity contribution in [3.63, 3.8) is 0 Å². The van der Waals surface area contributed by atoms with Gasteiger partial charge < -0.3 is 5.11 Å². The van der Waals surface area contributed by atoms with Crippen LogP contribution in [0.5, 0.6) is 0 Å². The van der Waals surface area contributed by atoms with Crippen LogP contribution in [0.2, 0.25) is 0 Å². The highest BCUT2D eigenvalue weighted by Gasteiger charge is 2.24. The van der Waals surface area contributed by atoms with E-state index >= 15 is 0 Å². The van der Waals surface area contributed by atoms with Gasteiger partial charge in [0.15, 0.2) is 0 Å². The lowest BCUT2D eigenvalue weighted by atomic mass is 9.92. The molecule has 0 aliphatic carbocycles. The monoisotopic (exact) mass is 233 g/mol. The standard InChI is InChI=1S/C14H19NO2/c1-2-13-9-11-5-3-4-6-12(11)10-15(13)8-7-14(16)17/h3-6,13H,2,7-10H2,1H3,(H,16,17). The average molecular weight is 233 g/mol. The Bertz CT molecular complexity index is 403. The Morgan fingerprint density at radius 1 is 1.41 bits per heavy atom. The molecule has 1 aliphatic rings. The number of carboxylic acids is 1. The number of aliphatic carboxylic acids is 1. The molecule has 1 unspecified atom stereocenters. The van der Waals surface area contributed by atoms with Gasteiger partial charge in [0.25, 0.3) is 0 Å². The van der Waals surface area contributed by atoms with Crippen LogP contribution in [0.15, 0.2) is 24.3 Å². The van der Waals surface area contributed by atoms with Crippen molar-refractivity contribution < 1.29 is 9.90 Å². The molecule has 92 valence electrons. The molecule has 2 rings (SSSR count). The van der Waals surface area contributed by atoms with Gasteiger partial charge in [-0.15, -0.1) is 0 Å². The second-order valence-electron chi connectivity index (χ2n) is 4.65. The molecule has 0 spiro atoms. The summed E-state index contributed by atoms with van der Waals surface area (Å²) in [6.07, 6.45) is 2.36. The van der Waals surface area contributed by atoms with E-state index in [4.69, 9.17) is 5.11 Å².